The Balaban J connectivity index is 1.73. The van der Waals surface area contributed by atoms with Crippen LogP contribution in [0.3, 0.4) is 0 Å². The normalized spacial score (nSPS) is 10.5. The molecule has 0 fully saturated rings. The first kappa shape index (κ1) is 13.5. The minimum absolute atomic E-state index is 0.171. The summed E-state index contributed by atoms with van der Waals surface area (Å²) in [5.74, 6) is -0.497. The maximum absolute atomic E-state index is 12.0. The summed E-state index contributed by atoms with van der Waals surface area (Å²) >= 11 is 5.80. The van der Waals surface area contributed by atoms with Crippen molar-refractivity contribution in [2.75, 3.05) is 0 Å². The zero-order chi connectivity index (χ0) is 14.7. The number of ether oxygens (including phenoxy) is 1. The molecular formula is C16H11ClN2O2. The number of carbonyl (C=O) groups excluding carboxylic acids is 1. The van der Waals surface area contributed by atoms with Gasteiger partial charge in [0.2, 0.25) is 0 Å². The van der Waals surface area contributed by atoms with Gasteiger partial charge >= 0.3 is 5.97 Å². The number of fused-ring (bicyclic) bond motifs is 1. The highest BCUT2D eigenvalue weighted by atomic mass is 35.5. The zero-order valence-electron chi connectivity index (χ0n) is 11.0. The summed E-state index contributed by atoms with van der Waals surface area (Å²) in [7, 11) is 0. The zero-order valence-corrected chi connectivity index (χ0v) is 11.7. The van der Waals surface area contributed by atoms with Crippen LogP contribution in [0, 0.1) is 0 Å². The maximum Gasteiger partial charge on any atom is 0.358 e. The molecule has 2 aromatic carbocycles. The van der Waals surface area contributed by atoms with Crippen LogP contribution in [-0.2, 0) is 11.3 Å². The highest BCUT2D eigenvalue weighted by Crippen LogP contribution is 2.12. The minimum Gasteiger partial charge on any atom is -0.456 e. The van der Waals surface area contributed by atoms with Gasteiger partial charge < -0.3 is 4.74 Å². The van der Waals surface area contributed by atoms with E-state index in [-0.39, 0.29) is 12.3 Å². The van der Waals surface area contributed by atoms with Gasteiger partial charge in [0.1, 0.15) is 6.61 Å². The van der Waals surface area contributed by atoms with Crippen molar-refractivity contribution < 1.29 is 9.53 Å². The van der Waals surface area contributed by atoms with Gasteiger partial charge in [-0.3, -0.25) is 4.98 Å². The van der Waals surface area contributed by atoms with Crippen LogP contribution in [0.5, 0.6) is 0 Å². The quantitative estimate of drug-likeness (QED) is 0.693. The number of halogens is 1. The van der Waals surface area contributed by atoms with Crippen molar-refractivity contribution in [2.24, 2.45) is 0 Å². The van der Waals surface area contributed by atoms with Crippen molar-refractivity contribution in [3.63, 3.8) is 0 Å². The fourth-order valence-electron chi connectivity index (χ4n) is 1.86. The van der Waals surface area contributed by atoms with Crippen molar-refractivity contribution in [1.82, 2.24) is 9.97 Å². The molecule has 0 spiro atoms. The number of nitrogens with zero attached hydrogens (tertiary/aromatic N) is 2. The van der Waals surface area contributed by atoms with Crippen LogP contribution in [0.25, 0.3) is 11.0 Å². The molecule has 4 nitrogen and oxygen atoms in total. The van der Waals surface area contributed by atoms with Crippen LogP contribution in [-0.4, -0.2) is 15.9 Å². The summed E-state index contributed by atoms with van der Waals surface area (Å²) in [5.41, 5.74) is 2.47. The van der Waals surface area contributed by atoms with E-state index in [0.717, 1.165) is 11.1 Å². The van der Waals surface area contributed by atoms with Crippen LogP contribution in [0.4, 0.5) is 0 Å². The molecule has 21 heavy (non-hydrogen) atoms. The number of rotatable bonds is 3. The van der Waals surface area contributed by atoms with Gasteiger partial charge in [0.25, 0.3) is 0 Å². The summed E-state index contributed by atoms with van der Waals surface area (Å²) in [6.45, 7) is 0.171. The van der Waals surface area contributed by atoms with Crippen LogP contribution < -0.4 is 0 Å². The lowest BCUT2D eigenvalue weighted by Gasteiger charge is -2.05. The SMILES string of the molecule is O=C(OCc1ccc(Cl)cc1)c1cnc2ccccc2n1. The van der Waals surface area contributed by atoms with E-state index in [2.05, 4.69) is 9.97 Å². The van der Waals surface area contributed by atoms with Gasteiger partial charge in [0.15, 0.2) is 5.69 Å². The van der Waals surface area contributed by atoms with E-state index in [4.69, 9.17) is 16.3 Å². The molecule has 0 saturated carbocycles. The van der Waals surface area contributed by atoms with Gasteiger partial charge in [-0.05, 0) is 29.8 Å². The van der Waals surface area contributed by atoms with Gasteiger partial charge in [0, 0.05) is 5.02 Å². The molecule has 1 heterocycles. The van der Waals surface area contributed by atoms with Gasteiger partial charge in [-0.15, -0.1) is 0 Å². The third kappa shape index (κ3) is 3.17. The summed E-state index contributed by atoms with van der Waals surface area (Å²) < 4.78 is 5.22. The molecule has 0 amide bonds. The maximum atomic E-state index is 12.0. The van der Waals surface area contributed by atoms with Gasteiger partial charge in [0.05, 0.1) is 17.2 Å². The fourth-order valence-corrected chi connectivity index (χ4v) is 1.98. The molecule has 0 radical (unpaired) electrons. The molecular weight excluding hydrogens is 288 g/mol. The Morgan fingerprint density at radius 3 is 2.52 bits per heavy atom. The van der Waals surface area contributed by atoms with Crippen molar-refractivity contribution in [3.05, 3.63) is 71.0 Å². The first-order valence-electron chi connectivity index (χ1n) is 6.36. The van der Waals surface area contributed by atoms with Crippen molar-refractivity contribution in [3.8, 4) is 0 Å². The van der Waals surface area contributed by atoms with E-state index in [1.807, 2.05) is 30.3 Å². The molecule has 0 aliphatic carbocycles. The standard InChI is InChI=1S/C16H11ClN2O2/c17-12-7-5-11(6-8-12)10-21-16(20)15-9-18-13-3-1-2-4-14(13)19-15/h1-9H,10H2. The lowest BCUT2D eigenvalue weighted by Crippen LogP contribution is -2.08. The topological polar surface area (TPSA) is 52.1 Å². The Morgan fingerprint density at radius 2 is 1.76 bits per heavy atom. The van der Waals surface area contributed by atoms with Crippen LogP contribution >= 0.6 is 11.6 Å². The Hall–Kier alpha value is -2.46. The number of hydrogen-bond acceptors (Lipinski definition) is 4. The number of benzene rings is 2. The third-order valence-electron chi connectivity index (χ3n) is 2.94. The third-order valence-corrected chi connectivity index (χ3v) is 3.19. The lowest BCUT2D eigenvalue weighted by molar-refractivity contribution is 0.0465. The Morgan fingerprint density at radius 1 is 1.05 bits per heavy atom. The number of para-hydroxylation sites is 2. The molecule has 5 heteroatoms. The van der Waals surface area contributed by atoms with E-state index in [9.17, 15) is 4.79 Å². The second-order valence-corrected chi connectivity index (χ2v) is 4.88. The van der Waals surface area contributed by atoms with E-state index in [1.54, 1.807) is 18.2 Å². The number of aromatic nitrogens is 2. The number of hydrogen-bond donors (Lipinski definition) is 0. The Bertz CT molecular complexity index is 788. The van der Waals surface area contributed by atoms with Crippen LogP contribution in [0.2, 0.25) is 5.02 Å². The smallest absolute Gasteiger partial charge is 0.358 e. The van der Waals surface area contributed by atoms with Crippen molar-refractivity contribution >= 4 is 28.6 Å². The summed E-state index contributed by atoms with van der Waals surface area (Å²) in [5, 5.41) is 0.644. The first-order chi connectivity index (χ1) is 10.2. The monoisotopic (exact) mass is 298 g/mol. The number of esters is 1. The first-order valence-corrected chi connectivity index (χ1v) is 6.73. The molecule has 0 N–H and O–H groups in total. The minimum atomic E-state index is -0.497. The van der Waals surface area contributed by atoms with Crippen LogP contribution in [0.15, 0.2) is 54.7 Å². The molecule has 0 atom stereocenters. The lowest BCUT2D eigenvalue weighted by atomic mass is 10.2. The highest BCUT2D eigenvalue weighted by molar-refractivity contribution is 6.30. The fraction of sp³-hybridized carbons (Fsp3) is 0.0625. The Kier molecular flexibility index (Phi) is 3.79. The number of carbonyl (C=O) groups is 1. The van der Waals surface area contributed by atoms with E-state index < -0.39 is 5.97 Å². The predicted molar refractivity (Wildman–Crippen MR) is 80.1 cm³/mol. The molecule has 0 bridgehead atoms. The Labute approximate surface area is 126 Å². The summed E-state index contributed by atoms with van der Waals surface area (Å²) in [4.78, 5) is 20.4. The highest BCUT2D eigenvalue weighted by Gasteiger charge is 2.10. The van der Waals surface area contributed by atoms with Crippen molar-refractivity contribution in [1.29, 1.82) is 0 Å². The van der Waals surface area contributed by atoms with E-state index in [1.165, 1.54) is 6.20 Å². The molecule has 3 rings (SSSR count). The van der Waals surface area contributed by atoms with Crippen LogP contribution in [0.1, 0.15) is 16.1 Å². The van der Waals surface area contributed by atoms with Gasteiger partial charge in [-0.2, -0.15) is 0 Å². The largest absolute Gasteiger partial charge is 0.456 e. The molecule has 0 saturated heterocycles. The van der Waals surface area contributed by atoms with Crippen molar-refractivity contribution in [2.45, 2.75) is 6.61 Å². The predicted octanol–water partition coefficient (Wildman–Crippen LogP) is 3.64. The van der Waals surface area contributed by atoms with Gasteiger partial charge in [-0.1, -0.05) is 35.9 Å². The molecule has 3 aromatic rings. The average Bonchev–Trinajstić information content (AvgIpc) is 2.53. The molecule has 0 aliphatic heterocycles. The molecule has 104 valence electrons. The van der Waals surface area contributed by atoms with E-state index >= 15 is 0 Å². The second-order valence-electron chi connectivity index (χ2n) is 4.45. The van der Waals surface area contributed by atoms with E-state index in [0.29, 0.717) is 10.5 Å². The summed E-state index contributed by atoms with van der Waals surface area (Å²) in [6, 6.07) is 14.5. The molecule has 0 aliphatic rings. The summed E-state index contributed by atoms with van der Waals surface area (Å²) in [6.07, 6.45) is 1.42. The second kappa shape index (κ2) is 5.89. The molecule has 0 unspecified atom stereocenters. The average molecular weight is 299 g/mol. The van der Waals surface area contributed by atoms with Gasteiger partial charge in [-0.25, -0.2) is 9.78 Å². The molecule has 1 aromatic heterocycles.